The average Bonchev–Trinajstić information content (AvgIpc) is 2.98. The molecule has 0 bridgehead atoms. The Bertz CT molecular complexity index is 1020. The SMILES string of the molecule is Cc1ccc(S(=O)(=O)N2CCN(C(=O)CCc3c(C)nn(CC(C)C)c3C)CC2)cc1. The van der Waals surface area contributed by atoms with Crippen molar-refractivity contribution < 1.29 is 13.2 Å². The number of amides is 1. The van der Waals surface area contributed by atoms with Crippen LogP contribution in [0, 0.1) is 26.7 Å². The Morgan fingerprint density at radius 1 is 1.03 bits per heavy atom. The van der Waals surface area contributed by atoms with Crippen molar-refractivity contribution in [3.8, 4) is 0 Å². The van der Waals surface area contributed by atoms with Gasteiger partial charge in [-0.1, -0.05) is 31.5 Å². The van der Waals surface area contributed by atoms with Gasteiger partial charge in [0, 0.05) is 44.8 Å². The number of piperazine rings is 1. The largest absolute Gasteiger partial charge is 0.340 e. The summed E-state index contributed by atoms with van der Waals surface area (Å²) >= 11 is 0. The maximum Gasteiger partial charge on any atom is 0.243 e. The molecule has 1 fully saturated rings. The van der Waals surface area contributed by atoms with E-state index in [9.17, 15) is 13.2 Å². The molecule has 1 aliphatic rings. The molecule has 1 amide bonds. The third kappa shape index (κ3) is 5.36. The van der Waals surface area contributed by atoms with Crippen LogP contribution < -0.4 is 0 Å². The van der Waals surface area contributed by atoms with Crippen LogP contribution in [0.15, 0.2) is 29.2 Å². The molecule has 1 saturated heterocycles. The summed E-state index contributed by atoms with van der Waals surface area (Å²) < 4.78 is 29.2. The lowest BCUT2D eigenvalue weighted by atomic mass is 10.1. The molecule has 31 heavy (non-hydrogen) atoms. The summed E-state index contributed by atoms with van der Waals surface area (Å²) in [6.45, 7) is 12.7. The summed E-state index contributed by atoms with van der Waals surface area (Å²) in [6.07, 6.45) is 1.08. The molecule has 0 spiro atoms. The van der Waals surface area contributed by atoms with Crippen molar-refractivity contribution in [3.63, 3.8) is 0 Å². The van der Waals surface area contributed by atoms with Crippen LogP contribution in [0.2, 0.25) is 0 Å². The van der Waals surface area contributed by atoms with Crippen molar-refractivity contribution in [2.24, 2.45) is 5.92 Å². The molecule has 0 unspecified atom stereocenters. The topological polar surface area (TPSA) is 75.5 Å². The third-order valence-corrected chi connectivity index (χ3v) is 7.82. The van der Waals surface area contributed by atoms with E-state index < -0.39 is 10.0 Å². The van der Waals surface area contributed by atoms with Crippen molar-refractivity contribution >= 4 is 15.9 Å². The van der Waals surface area contributed by atoms with Crippen LogP contribution in [0.1, 0.15) is 42.8 Å². The highest BCUT2D eigenvalue weighted by Gasteiger charge is 2.30. The zero-order chi connectivity index (χ0) is 22.8. The molecule has 0 N–H and O–H groups in total. The molecular formula is C23H34N4O3S. The first-order valence-electron chi connectivity index (χ1n) is 11.0. The van der Waals surface area contributed by atoms with Crippen molar-refractivity contribution in [1.82, 2.24) is 19.0 Å². The molecule has 1 aliphatic heterocycles. The van der Waals surface area contributed by atoms with Gasteiger partial charge >= 0.3 is 0 Å². The zero-order valence-corrected chi connectivity index (χ0v) is 20.1. The van der Waals surface area contributed by atoms with Gasteiger partial charge in [-0.3, -0.25) is 9.48 Å². The molecule has 8 heteroatoms. The number of rotatable bonds is 7. The fraction of sp³-hybridized carbons (Fsp3) is 0.565. The van der Waals surface area contributed by atoms with Gasteiger partial charge in [-0.25, -0.2) is 8.42 Å². The van der Waals surface area contributed by atoms with Gasteiger partial charge in [-0.05, 0) is 50.8 Å². The van der Waals surface area contributed by atoms with Gasteiger partial charge in [0.2, 0.25) is 15.9 Å². The number of aryl methyl sites for hydroxylation is 2. The number of carbonyl (C=O) groups excluding carboxylic acids is 1. The standard InChI is InChI=1S/C23H34N4O3S/c1-17(2)16-27-20(5)22(19(4)24-27)10-11-23(28)25-12-14-26(15-13-25)31(29,30)21-8-6-18(3)7-9-21/h6-9,17H,10-16H2,1-5H3. The van der Waals surface area contributed by atoms with E-state index in [1.54, 1.807) is 29.2 Å². The second kappa shape index (κ2) is 9.53. The molecule has 3 rings (SSSR count). The lowest BCUT2D eigenvalue weighted by Crippen LogP contribution is -2.50. The summed E-state index contributed by atoms with van der Waals surface area (Å²) in [5, 5.41) is 4.63. The van der Waals surface area contributed by atoms with Gasteiger partial charge in [-0.2, -0.15) is 9.40 Å². The van der Waals surface area contributed by atoms with Crippen LogP contribution in [0.5, 0.6) is 0 Å². The Kier molecular flexibility index (Phi) is 7.21. The van der Waals surface area contributed by atoms with Crippen molar-refractivity contribution in [1.29, 1.82) is 0 Å². The number of carbonyl (C=O) groups is 1. The van der Waals surface area contributed by atoms with Crippen molar-refractivity contribution in [2.45, 2.75) is 58.9 Å². The molecular weight excluding hydrogens is 412 g/mol. The van der Waals surface area contributed by atoms with Crippen LogP contribution in [0.4, 0.5) is 0 Å². The van der Waals surface area contributed by atoms with Gasteiger partial charge in [0.05, 0.1) is 10.6 Å². The minimum absolute atomic E-state index is 0.0720. The van der Waals surface area contributed by atoms with Crippen LogP contribution in [-0.4, -0.2) is 59.5 Å². The van der Waals surface area contributed by atoms with E-state index in [4.69, 9.17) is 0 Å². The number of nitrogens with zero attached hydrogens (tertiary/aromatic N) is 4. The van der Waals surface area contributed by atoms with Crippen LogP contribution >= 0.6 is 0 Å². The predicted molar refractivity (Wildman–Crippen MR) is 121 cm³/mol. The third-order valence-electron chi connectivity index (χ3n) is 5.91. The van der Waals surface area contributed by atoms with E-state index in [1.807, 2.05) is 18.5 Å². The monoisotopic (exact) mass is 446 g/mol. The number of benzene rings is 1. The molecule has 170 valence electrons. The number of sulfonamides is 1. The van der Waals surface area contributed by atoms with E-state index in [0.29, 0.717) is 49.8 Å². The summed E-state index contributed by atoms with van der Waals surface area (Å²) in [5.41, 5.74) is 4.29. The van der Waals surface area contributed by atoms with E-state index in [1.165, 1.54) is 4.31 Å². The highest BCUT2D eigenvalue weighted by atomic mass is 32.2. The van der Waals surface area contributed by atoms with Gasteiger partial charge in [0.15, 0.2) is 0 Å². The Morgan fingerprint density at radius 2 is 1.65 bits per heavy atom. The highest BCUT2D eigenvalue weighted by molar-refractivity contribution is 7.89. The van der Waals surface area contributed by atoms with Crippen LogP contribution in [-0.2, 0) is 27.8 Å². The molecule has 0 saturated carbocycles. The van der Waals surface area contributed by atoms with Gasteiger partial charge < -0.3 is 4.90 Å². The molecule has 7 nitrogen and oxygen atoms in total. The highest BCUT2D eigenvalue weighted by Crippen LogP contribution is 2.20. The fourth-order valence-corrected chi connectivity index (χ4v) is 5.47. The second-order valence-corrected chi connectivity index (χ2v) is 10.8. The maximum atomic E-state index is 12.9. The summed E-state index contributed by atoms with van der Waals surface area (Å²) in [7, 11) is -3.52. The van der Waals surface area contributed by atoms with Gasteiger partial charge in [0.1, 0.15) is 0 Å². The van der Waals surface area contributed by atoms with E-state index in [-0.39, 0.29) is 5.91 Å². The lowest BCUT2D eigenvalue weighted by molar-refractivity contribution is -0.132. The Labute approximate surface area is 186 Å². The fourth-order valence-electron chi connectivity index (χ4n) is 4.05. The van der Waals surface area contributed by atoms with Gasteiger partial charge in [-0.15, -0.1) is 0 Å². The molecule has 0 radical (unpaired) electrons. The minimum Gasteiger partial charge on any atom is -0.340 e. The summed E-state index contributed by atoms with van der Waals surface area (Å²) in [6, 6.07) is 6.90. The van der Waals surface area contributed by atoms with Crippen molar-refractivity contribution in [3.05, 3.63) is 46.8 Å². The lowest BCUT2D eigenvalue weighted by Gasteiger charge is -2.34. The number of aromatic nitrogens is 2. The van der Waals surface area contributed by atoms with E-state index in [0.717, 1.165) is 29.1 Å². The van der Waals surface area contributed by atoms with Crippen LogP contribution in [0.3, 0.4) is 0 Å². The van der Waals surface area contributed by atoms with Gasteiger partial charge in [0.25, 0.3) is 0 Å². The number of hydrogen-bond donors (Lipinski definition) is 0. The Balaban J connectivity index is 1.56. The Hall–Kier alpha value is -2.19. The smallest absolute Gasteiger partial charge is 0.243 e. The molecule has 0 atom stereocenters. The number of hydrogen-bond acceptors (Lipinski definition) is 4. The van der Waals surface area contributed by atoms with Crippen LogP contribution in [0.25, 0.3) is 0 Å². The average molecular weight is 447 g/mol. The summed E-state index contributed by atoms with van der Waals surface area (Å²) in [4.78, 5) is 14.9. The van der Waals surface area contributed by atoms with E-state index in [2.05, 4.69) is 25.9 Å². The molecule has 2 aromatic rings. The second-order valence-electron chi connectivity index (χ2n) is 8.82. The normalized spacial score (nSPS) is 15.6. The molecule has 2 heterocycles. The summed E-state index contributed by atoms with van der Waals surface area (Å²) in [5.74, 6) is 0.586. The first-order valence-corrected chi connectivity index (χ1v) is 12.4. The first kappa shape index (κ1) is 23.5. The van der Waals surface area contributed by atoms with E-state index >= 15 is 0 Å². The van der Waals surface area contributed by atoms with Crippen molar-refractivity contribution in [2.75, 3.05) is 26.2 Å². The molecule has 1 aromatic heterocycles. The quantitative estimate of drug-likeness (QED) is 0.655. The zero-order valence-electron chi connectivity index (χ0n) is 19.3. The minimum atomic E-state index is -3.52. The Morgan fingerprint density at radius 3 is 2.23 bits per heavy atom. The molecule has 0 aliphatic carbocycles. The molecule has 1 aromatic carbocycles. The predicted octanol–water partition coefficient (Wildman–Crippen LogP) is 2.93. The maximum absolute atomic E-state index is 12.9. The first-order chi connectivity index (χ1) is 14.6.